The predicted molar refractivity (Wildman–Crippen MR) is 76.0 cm³/mol. The summed E-state index contributed by atoms with van der Waals surface area (Å²) in [6.07, 6.45) is 1.07. The molecule has 0 aliphatic carbocycles. The fraction of sp³-hybridized carbons (Fsp3) is 0.143. The zero-order valence-corrected chi connectivity index (χ0v) is 11.9. The fourth-order valence-corrected chi connectivity index (χ4v) is 2.88. The third kappa shape index (κ3) is 2.70. The Morgan fingerprint density at radius 2 is 1.80 bits per heavy atom. The van der Waals surface area contributed by atoms with Crippen molar-refractivity contribution in [2.75, 3.05) is 6.26 Å². The number of aromatic nitrogens is 1. The maximum Gasteiger partial charge on any atom is 0.250 e. The lowest BCUT2D eigenvalue weighted by molar-refractivity contribution is 0.100. The molecule has 2 rings (SSSR count). The summed E-state index contributed by atoms with van der Waals surface area (Å²) in [5, 5.41) is 0. The Labute approximate surface area is 117 Å². The van der Waals surface area contributed by atoms with Gasteiger partial charge in [-0.1, -0.05) is 30.3 Å². The quantitative estimate of drug-likeness (QED) is 0.928. The minimum Gasteiger partial charge on any atom is -0.366 e. The summed E-state index contributed by atoms with van der Waals surface area (Å²) in [6.45, 7) is 1.59. The number of pyridine rings is 1. The van der Waals surface area contributed by atoms with Gasteiger partial charge in [-0.3, -0.25) is 9.78 Å². The zero-order valence-electron chi connectivity index (χ0n) is 11.1. The first-order valence-electron chi connectivity index (χ1n) is 5.87. The van der Waals surface area contributed by atoms with Gasteiger partial charge < -0.3 is 5.73 Å². The molecule has 5 nitrogen and oxygen atoms in total. The molecule has 1 heterocycles. The number of nitrogens with zero attached hydrogens (tertiary/aromatic N) is 1. The number of benzene rings is 1. The SMILES string of the molecule is Cc1nc(-c2ccccc2)c(C(N)=O)cc1S(C)(=O)=O. The second-order valence-corrected chi connectivity index (χ2v) is 6.45. The van der Waals surface area contributed by atoms with Crippen LogP contribution in [0.1, 0.15) is 16.1 Å². The molecule has 1 aromatic carbocycles. The van der Waals surface area contributed by atoms with Crippen molar-refractivity contribution in [3.05, 3.63) is 47.7 Å². The van der Waals surface area contributed by atoms with Crippen molar-refractivity contribution >= 4 is 15.7 Å². The third-order valence-corrected chi connectivity index (χ3v) is 4.09. The van der Waals surface area contributed by atoms with Crippen molar-refractivity contribution in [1.82, 2.24) is 4.98 Å². The summed E-state index contributed by atoms with van der Waals surface area (Å²) < 4.78 is 23.4. The molecule has 0 radical (unpaired) electrons. The molecule has 6 heteroatoms. The Morgan fingerprint density at radius 3 is 2.30 bits per heavy atom. The van der Waals surface area contributed by atoms with Crippen LogP contribution in [-0.4, -0.2) is 25.6 Å². The highest BCUT2D eigenvalue weighted by atomic mass is 32.2. The molecule has 0 aliphatic heterocycles. The minimum absolute atomic E-state index is 0.0194. The van der Waals surface area contributed by atoms with Crippen molar-refractivity contribution in [3.8, 4) is 11.3 Å². The van der Waals surface area contributed by atoms with Crippen molar-refractivity contribution in [1.29, 1.82) is 0 Å². The molecule has 0 aliphatic rings. The van der Waals surface area contributed by atoms with Gasteiger partial charge in [0.25, 0.3) is 5.91 Å². The van der Waals surface area contributed by atoms with Crippen molar-refractivity contribution in [2.24, 2.45) is 5.73 Å². The molecule has 20 heavy (non-hydrogen) atoms. The summed E-state index contributed by atoms with van der Waals surface area (Å²) in [5.74, 6) is -0.707. The number of primary amides is 1. The van der Waals surface area contributed by atoms with E-state index < -0.39 is 15.7 Å². The van der Waals surface area contributed by atoms with Gasteiger partial charge in [-0.25, -0.2) is 8.42 Å². The van der Waals surface area contributed by atoms with Crippen LogP contribution in [-0.2, 0) is 9.84 Å². The van der Waals surface area contributed by atoms with Crippen LogP contribution < -0.4 is 5.73 Å². The Hall–Kier alpha value is -2.21. The molecule has 1 aromatic heterocycles. The van der Waals surface area contributed by atoms with Crippen LogP contribution >= 0.6 is 0 Å². The van der Waals surface area contributed by atoms with Crippen LogP contribution in [0.4, 0.5) is 0 Å². The molecule has 1 amide bonds. The molecule has 0 saturated heterocycles. The number of hydrogen-bond acceptors (Lipinski definition) is 4. The minimum atomic E-state index is -3.46. The summed E-state index contributed by atoms with van der Waals surface area (Å²) in [7, 11) is -3.46. The Morgan fingerprint density at radius 1 is 1.20 bits per heavy atom. The highest BCUT2D eigenvalue weighted by molar-refractivity contribution is 7.90. The molecule has 2 N–H and O–H groups in total. The van der Waals surface area contributed by atoms with Crippen molar-refractivity contribution < 1.29 is 13.2 Å². The van der Waals surface area contributed by atoms with Gasteiger partial charge in [0.05, 0.1) is 21.8 Å². The number of nitrogens with two attached hydrogens (primary N) is 1. The van der Waals surface area contributed by atoms with E-state index in [1.165, 1.54) is 6.07 Å². The zero-order chi connectivity index (χ0) is 14.9. The summed E-state index contributed by atoms with van der Waals surface area (Å²) in [4.78, 5) is 15.8. The van der Waals surface area contributed by atoms with Gasteiger partial charge in [0, 0.05) is 11.8 Å². The first-order valence-corrected chi connectivity index (χ1v) is 7.77. The number of rotatable bonds is 3. The highest BCUT2D eigenvalue weighted by Crippen LogP contribution is 2.25. The predicted octanol–water partition coefficient (Wildman–Crippen LogP) is 1.56. The van der Waals surface area contributed by atoms with E-state index in [-0.39, 0.29) is 10.5 Å². The maximum atomic E-state index is 11.7. The standard InChI is InChI=1S/C14H14N2O3S/c1-9-12(20(2,18)19)8-11(14(15)17)13(16-9)10-6-4-3-5-7-10/h3-8H,1-2H3,(H2,15,17). The average Bonchev–Trinajstić information content (AvgIpc) is 2.37. The van der Waals surface area contributed by atoms with E-state index in [1.54, 1.807) is 19.1 Å². The Balaban J connectivity index is 2.77. The van der Waals surface area contributed by atoms with E-state index in [4.69, 9.17) is 5.73 Å². The smallest absolute Gasteiger partial charge is 0.250 e. The maximum absolute atomic E-state index is 11.7. The van der Waals surface area contributed by atoms with E-state index in [2.05, 4.69) is 4.98 Å². The van der Waals surface area contributed by atoms with Crippen LogP contribution in [0.15, 0.2) is 41.3 Å². The van der Waals surface area contributed by atoms with Gasteiger partial charge in [0.2, 0.25) is 0 Å². The van der Waals surface area contributed by atoms with E-state index in [1.807, 2.05) is 18.2 Å². The molecule has 0 saturated carbocycles. The number of carbonyl (C=O) groups is 1. The number of aryl methyl sites for hydroxylation is 1. The monoisotopic (exact) mass is 290 g/mol. The van der Waals surface area contributed by atoms with E-state index in [0.717, 1.165) is 6.26 Å². The normalized spacial score (nSPS) is 11.3. The molecule has 0 atom stereocenters. The number of hydrogen-bond donors (Lipinski definition) is 1. The first kappa shape index (κ1) is 14.2. The molecular formula is C14H14N2O3S. The van der Waals surface area contributed by atoms with Crippen LogP contribution in [0.3, 0.4) is 0 Å². The Kier molecular flexibility index (Phi) is 3.59. The second-order valence-electron chi connectivity index (χ2n) is 4.47. The summed E-state index contributed by atoms with van der Waals surface area (Å²) >= 11 is 0. The number of carbonyl (C=O) groups excluding carboxylic acids is 1. The summed E-state index contributed by atoms with van der Waals surface area (Å²) in [5.41, 5.74) is 6.89. The summed E-state index contributed by atoms with van der Waals surface area (Å²) in [6, 6.07) is 10.3. The van der Waals surface area contributed by atoms with Crippen LogP contribution in [0.2, 0.25) is 0 Å². The fourth-order valence-electron chi connectivity index (χ4n) is 1.97. The van der Waals surface area contributed by atoms with Gasteiger partial charge in [-0.05, 0) is 13.0 Å². The van der Waals surface area contributed by atoms with Crippen molar-refractivity contribution in [2.45, 2.75) is 11.8 Å². The molecule has 2 aromatic rings. The van der Waals surface area contributed by atoms with Crippen LogP contribution in [0.25, 0.3) is 11.3 Å². The molecule has 0 spiro atoms. The molecule has 104 valence electrons. The third-order valence-electron chi connectivity index (χ3n) is 2.88. The van der Waals surface area contributed by atoms with Gasteiger partial charge >= 0.3 is 0 Å². The van der Waals surface area contributed by atoms with E-state index in [9.17, 15) is 13.2 Å². The lowest BCUT2D eigenvalue weighted by Crippen LogP contribution is -2.16. The molecule has 0 bridgehead atoms. The average molecular weight is 290 g/mol. The number of amides is 1. The van der Waals surface area contributed by atoms with E-state index >= 15 is 0 Å². The topological polar surface area (TPSA) is 90.1 Å². The Bertz CT molecular complexity index is 769. The van der Waals surface area contributed by atoms with E-state index in [0.29, 0.717) is 17.0 Å². The van der Waals surface area contributed by atoms with Gasteiger partial charge in [-0.15, -0.1) is 0 Å². The molecular weight excluding hydrogens is 276 g/mol. The lowest BCUT2D eigenvalue weighted by Gasteiger charge is -2.11. The largest absolute Gasteiger partial charge is 0.366 e. The van der Waals surface area contributed by atoms with Gasteiger partial charge in [-0.2, -0.15) is 0 Å². The van der Waals surface area contributed by atoms with Gasteiger partial charge in [0.1, 0.15) is 0 Å². The highest BCUT2D eigenvalue weighted by Gasteiger charge is 2.19. The molecule has 0 fully saturated rings. The molecule has 0 unspecified atom stereocenters. The van der Waals surface area contributed by atoms with Crippen LogP contribution in [0, 0.1) is 6.92 Å². The second kappa shape index (κ2) is 5.05. The van der Waals surface area contributed by atoms with Gasteiger partial charge in [0.15, 0.2) is 9.84 Å². The number of sulfone groups is 1. The lowest BCUT2D eigenvalue weighted by atomic mass is 10.0. The van der Waals surface area contributed by atoms with Crippen LogP contribution in [0.5, 0.6) is 0 Å². The first-order chi connectivity index (χ1) is 9.30. The van der Waals surface area contributed by atoms with Crippen molar-refractivity contribution in [3.63, 3.8) is 0 Å².